The third kappa shape index (κ3) is 2.02. The molecule has 0 saturated carbocycles. The zero-order valence-corrected chi connectivity index (χ0v) is 8.76. The van der Waals surface area contributed by atoms with Crippen molar-refractivity contribution in [2.75, 3.05) is 7.05 Å². The van der Waals surface area contributed by atoms with Crippen molar-refractivity contribution in [2.45, 2.75) is 0 Å². The van der Waals surface area contributed by atoms with Gasteiger partial charge in [-0.3, -0.25) is 4.42 Å². The van der Waals surface area contributed by atoms with Gasteiger partial charge in [0, 0.05) is 25.0 Å². The van der Waals surface area contributed by atoms with Crippen LogP contribution < -0.4 is 0 Å². The third-order valence-electron chi connectivity index (χ3n) is 1.86. The SMILES string of the molecule is CN(Cl)C=Nc1ccc2c(ccn2O)n1. The number of hydrogen-bond donors (Lipinski definition) is 1. The Morgan fingerprint density at radius 1 is 1.53 bits per heavy atom. The van der Waals surface area contributed by atoms with E-state index in [2.05, 4.69) is 9.98 Å². The van der Waals surface area contributed by atoms with E-state index in [4.69, 9.17) is 11.8 Å². The number of aliphatic imine (C=N–C) groups is 1. The zero-order chi connectivity index (χ0) is 10.8. The lowest BCUT2D eigenvalue weighted by Gasteiger charge is -1.99. The van der Waals surface area contributed by atoms with Crippen LogP contribution in [0.5, 0.6) is 0 Å². The summed E-state index contributed by atoms with van der Waals surface area (Å²) in [5, 5.41) is 9.33. The van der Waals surface area contributed by atoms with Crippen molar-refractivity contribution in [1.82, 2.24) is 14.1 Å². The fraction of sp³-hybridized carbons (Fsp3) is 0.111. The predicted molar refractivity (Wildman–Crippen MR) is 58.7 cm³/mol. The van der Waals surface area contributed by atoms with Crippen molar-refractivity contribution in [3.63, 3.8) is 0 Å². The normalized spacial score (nSPS) is 11.3. The molecule has 0 aromatic carbocycles. The molecular weight excluding hydrogens is 216 g/mol. The molecule has 0 amide bonds. The van der Waals surface area contributed by atoms with Gasteiger partial charge < -0.3 is 5.21 Å². The van der Waals surface area contributed by atoms with Crippen LogP contribution in [0.15, 0.2) is 29.4 Å². The molecule has 0 radical (unpaired) electrons. The molecule has 0 unspecified atom stereocenters. The van der Waals surface area contributed by atoms with E-state index in [9.17, 15) is 5.21 Å². The van der Waals surface area contributed by atoms with Crippen molar-refractivity contribution < 1.29 is 5.21 Å². The van der Waals surface area contributed by atoms with E-state index in [1.54, 1.807) is 25.2 Å². The highest BCUT2D eigenvalue weighted by molar-refractivity contribution is 6.18. The first-order chi connectivity index (χ1) is 7.16. The van der Waals surface area contributed by atoms with Gasteiger partial charge in [-0.05, 0) is 18.2 Å². The first-order valence-corrected chi connectivity index (χ1v) is 4.61. The average Bonchev–Trinajstić information content (AvgIpc) is 2.57. The molecule has 0 spiro atoms. The van der Waals surface area contributed by atoms with Gasteiger partial charge in [-0.25, -0.2) is 9.98 Å². The summed E-state index contributed by atoms with van der Waals surface area (Å²) in [6, 6.07) is 5.15. The van der Waals surface area contributed by atoms with E-state index < -0.39 is 0 Å². The van der Waals surface area contributed by atoms with Crippen LogP contribution in [-0.2, 0) is 0 Å². The molecule has 5 nitrogen and oxygen atoms in total. The Morgan fingerprint density at radius 3 is 3.07 bits per heavy atom. The minimum atomic E-state index is 0.543. The fourth-order valence-electron chi connectivity index (χ4n) is 1.21. The molecule has 0 aliphatic rings. The van der Waals surface area contributed by atoms with Gasteiger partial charge in [-0.2, -0.15) is 4.73 Å². The number of halogens is 1. The second-order valence-electron chi connectivity index (χ2n) is 3.00. The summed E-state index contributed by atoms with van der Waals surface area (Å²) in [5.74, 6) is 0.543. The third-order valence-corrected chi connectivity index (χ3v) is 1.94. The first kappa shape index (κ1) is 9.79. The number of aromatic nitrogens is 2. The van der Waals surface area contributed by atoms with E-state index in [0.717, 1.165) is 4.73 Å². The number of fused-ring (bicyclic) bond motifs is 1. The van der Waals surface area contributed by atoms with Crippen molar-refractivity contribution >= 4 is 35.0 Å². The Balaban J connectivity index is 2.39. The van der Waals surface area contributed by atoms with Crippen molar-refractivity contribution in [1.29, 1.82) is 0 Å². The monoisotopic (exact) mass is 224 g/mol. The summed E-state index contributed by atoms with van der Waals surface area (Å²) in [7, 11) is 1.66. The van der Waals surface area contributed by atoms with E-state index in [-0.39, 0.29) is 0 Å². The molecule has 0 atom stereocenters. The molecule has 1 N–H and O–H groups in total. The Labute approximate surface area is 91.3 Å². The van der Waals surface area contributed by atoms with Crippen LogP contribution in [0.3, 0.4) is 0 Å². The topological polar surface area (TPSA) is 53.7 Å². The molecule has 78 valence electrons. The molecule has 0 fully saturated rings. The van der Waals surface area contributed by atoms with Crippen molar-refractivity contribution in [3.05, 3.63) is 24.4 Å². The molecule has 2 rings (SSSR count). The largest absolute Gasteiger partial charge is 0.428 e. The summed E-state index contributed by atoms with van der Waals surface area (Å²) in [6.45, 7) is 0. The molecule has 2 heterocycles. The van der Waals surface area contributed by atoms with Gasteiger partial charge in [0.2, 0.25) is 0 Å². The van der Waals surface area contributed by atoms with Crippen LogP contribution in [0.4, 0.5) is 5.82 Å². The maximum atomic E-state index is 9.33. The highest BCUT2D eigenvalue weighted by atomic mass is 35.5. The summed E-state index contributed by atoms with van der Waals surface area (Å²) < 4.78 is 2.33. The van der Waals surface area contributed by atoms with Gasteiger partial charge in [0.15, 0.2) is 5.82 Å². The lowest BCUT2D eigenvalue weighted by molar-refractivity contribution is 0.200. The maximum absolute atomic E-state index is 9.33. The second-order valence-corrected chi connectivity index (χ2v) is 3.54. The van der Waals surface area contributed by atoms with Crippen molar-refractivity contribution in [3.8, 4) is 0 Å². The van der Waals surface area contributed by atoms with Gasteiger partial charge in [-0.15, -0.1) is 0 Å². The minimum absolute atomic E-state index is 0.543. The highest BCUT2D eigenvalue weighted by Gasteiger charge is 2.01. The van der Waals surface area contributed by atoms with Crippen LogP contribution in [0.25, 0.3) is 11.0 Å². The van der Waals surface area contributed by atoms with Crippen LogP contribution in [0, 0.1) is 0 Å². The predicted octanol–water partition coefficient (Wildman–Crippen LogP) is 2.02. The highest BCUT2D eigenvalue weighted by Crippen LogP contribution is 2.16. The Bertz CT molecular complexity index is 506. The standard InChI is InChI=1S/C9H9ClN4O/c1-13(10)6-11-9-3-2-8-7(12-9)4-5-14(8)15/h2-6,15H,1H3. The molecule has 0 aliphatic heterocycles. The van der Waals surface area contributed by atoms with Gasteiger partial charge >= 0.3 is 0 Å². The molecule has 15 heavy (non-hydrogen) atoms. The molecule has 2 aromatic heterocycles. The molecule has 0 bridgehead atoms. The molecule has 2 aromatic rings. The first-order valence-electron chi connectivity index (χ1n) is 4.27. The smallest absolute Gasteiger partial charge is 0.154 e. The van der Waals surface area contributed by atoms with Crippen LogP contribution >= 0.6 is 11.8 Å². The Hall–Kier alpha value is -1.75. The number of hydrogen-bond acceptors (Lipinski definition) is 3. The summed E-state index contributed by atoms with van der Waals surface area (Å²) >= 11 is 5.56. The van der Waals surface area contributed by atoms with Crippen molar-refractivity contribution in [2.24, 2.45) is 4.99 Å². The molecular formula is C9H9ClN4O. The Morgan fingerprint density at radius 2 is 2.33 bits per heavy atom. The average molecular weight is 225 g/mol. The van der Waals surface area contributed by atoms with Gasteiger partial charge in [0.05, 0.1) is 5.52 Å². The van der Waals surface area contributed by atoms with E-state index in [1.165, 1.54) is 17.0 Å². The lowest BCUT2D eigenvalue weighted by atomic mass is 10.4. The Kier molecular flexibility index (Phi) is 2.47. The summed E-state index contributed by atoms with van der Waals surface area (Å²) in [6.07, 6.45) is 2.98. The van der Waals surface area contributed by atoms with Crippen LogP contribution in [0.1, 0.15) is 0 Å². The van der Waals surface area contributed by atoms with Gasteiger partial charge in [-0.1, -0.05) is 0 Å². The summed E-state index contributed by atoms with van der Waals surface area (Å²) in [5.41, 5.74) is 1.33. The maximum Gasteiger partial charge on any atom is 0.154 e. The van der Waals surface area contributed by atoms with E-state index in [1.807, 2.05) is 0 Å². The van der Waals surface area contributed by atoms with Gasteiger partial charge in [0.25, 0.3) is 0 Å². The summed E-state index contributed by atoms with van der Waals surface area (Å²) in [4.78, 5) is 8.24. The van der Waals surface area contributed by atoms with Crippen LogP contribution in [-0.4, -0.2) is 32.7 Å². The van der Waals surface area contributed by atoms with Crippen LogP contribution in [0.2, 0.25) is 0 Å². The zero-order valence-electron chi connectivity index (χ0n) is 8.00. The number of rotatable bonds is 2. The number of pyridine rings is 1. The minimum Gasteiger partial charge on any atom is -0.428 e. The van der Waals surface area contributed by atoms with E-state index in [0.29, 0.717) is 16.9 Å². The molecule has 6 heteroatoms. The number of nitrogens with zero attached hydrogens (tertiary/aromatic N) is 4. The van der Waals surface area contributed by atoms with E-state index >= 15 is 0 Å². The van der Waals surface area contributed by atoms with Gasteiger partial charge in [0.1, 0.15) is 11.9 Å². The fourth-order valence-corrected chi connectivity index (χ4v) is 1.25. The molecule has 0 aliphatic carbocycles. The molecule has 0 saturated heterocycles. The quantitative estimate of drug-likeness (QED) is 0.368. The lowest BCUT2D eigenvalue weighted by Crippen LogP contribution is -1.98. The second kappa shape index (κ2) is 3.78.